The lowest BCUT2D eigenvalue weighted by Crippen LogP contribution is -2.03. The van der Waals surface area contributed by atoms with Crippen LogP contribution in [0.2, 0.25) is 0 Å². The number of ether oxygens (including phenoxy) is 1. The SMILES string of the molecule is O=C(O)CCOCCCCCCCBr. The largest absolute Gasteiger partial charge is 0.481 e. The van der Waals surface area contributed by atoms with Crippen LogP contribution in [0.15, 0.2) is 0 Å². The van der Waals surface area contributed by atoms with Crippen LogP contribution in [0.1, 0.15) is 38.5 Å². The van der Waals surface area contributed by atoms with E-state index >= 15 is 0 Å². The van der Waals surface area contributed by atoms with E-state index in [-0.39, 0.29) is 6.42 Å². The van der Waals surface area contributed by atoms with Gasteiger partial charge in [0.25, 0.3) is 0 Å². The molecule has 4 heteroatoms. The van der Waals surface area contributed by atoms with Crippen LogP contribution in [0.25, 0.3) is 0 Å². The van der Waals surface area contributed by atoms with Crippen LogP contribution in [-0.2, 0) is 9.53 Å². The number of rotatable bonds is 10. The Kier molecular flexibility index (Phi) is 10.9. The maximum atomic E-state index is 10.1. The summed E-state index contributed by atoms with van der Waals surface area (Å²) in [5, 5.41) is 9.41. The van der Waals surface area contributed by atoms with Gasteiger partial charge in [-0.1, -0.05) is 35.2 Å². The molecule has 0 unspecified atom stereocenters. The van der Waals surface area contributed by atoms with Gasteiger partial charge in [-0.3, -0.25) is 4.79 Å². The molecule has 0 amide bonds. The number of carboxylic acids is 1. The van der Waals surface area contributed by atoms with Gasteiger partial charge < -0.3 is 9.84 Å². The first-order valence-electron chi connectivity index (χ1n) is 5.13. The molecule has 14 heavy (non-hydrogen) atoms. The van der Waals surface area contributed by atoms with Crippen LogP contribution >= 0.6 is 15.9 Å². The minimum atomic E-state index is -0.790. The summed E-state index contributed by atoms with van der Waals surface area (Å²) >= 11 is 3.39. The normalized spacial score (nSPS) is 10.4. The molecule has 1 N–H and O–H groups in total. The molecule has 0 aliphatic heterocycles. The number of halogens is 1. The van der Waals surface area contributed by atoms with Crippen LogP contribution in [0.4, 0.5) is 0 Å². The zero-order valence-electron chi connectivity index (χ0n) is 8.51. The summed E-state index contributed by atoms with van der Waals surface area (Å²) in [4.78, 5) is 10.1. The van der Waals surface area contributed by atoms with Crippen molar-refractivity contribution in [2.24, 2.45) is 0 Å². The summed E-state index contributed by atoms with van der Waals surface area (Å²) in [6, 6.07) is 0. The fourth-order valence-corrected chi connectivity index (χ4v) is 1.49. The molecule has 0 aliphatic carbocycles. The number of hydrogen-bond acceptors (Lipinski definition) is 2. The highest BCUT2D eigenvalue weighted by atomic mass is 79.9. The summed E-state index contributed by atoms with van der Waals surface area (Å²) < 4.78 is 5.16. The Balaban J connectivity index is 2.88. The standard InChI is InChI=1S/C10H19BrO3/c11-7-4-2-1-3-5-8-14-9-6-10(12)13/h1-9H2,(H,12,13). The van der Waals surface area contributed by atoms with Crippen molar-refractivity contribution in [3.63, 3.8) is 0 Å². The lowest BCUT2D eigenvalue weighted by atomic mass is 10.2. The maximum Gasteiger partial charge on any atom is 0.305 e. The smallest absolute Gasteiger partial charge is 0.305 e. The van der Waals surface area contributed by atoms with E-state index in [2.05, 4.69) is 15.9 Å². The van der Waals surface area contributed by atoms with E-state index in [1.165, 1.54) is 25.7 Å². The molecule has 0 aromatic heterocycles. The van der Waals surface area contributed by atoms with E-state index in [0.717, 1.165) is 11.8 Å². The van der Waals surface area contributed by atoms with Crippen LogP contribution in [0.3, 0.4) is 0 Å². The fourth-order valence-electron chi connectivity index (χ4n) is 1.09. The first-order chi connectivity index (χ1) is 6.77. The molecule has 0 fully saturated rings. The summed E-state index contributed by atoms with van der Waals surface area (Å²) in [7, 11) is 0. The predicted octanol–water partition coefficient (Wildman–Crippen LogP) is 2.82. The Morgan fingerprint density at radius 2 is 1.71 bits per heavy atom. The topological polar surface area (TPSA) is 46.5 Å². The molecular formula is C10H19BrO3. The average molecular weight is 267 g/mol. The van der Waals surface area contributed by atoms with Gasteiger partial charge in [0.05, 0.1) is 13.0 Å². The minimum absolute atomic E-state index is 0.115. The number of carbonyl (C=O) groups is 1. The molecule has 0 aliphatic rings. The molecule has 0 radical (unpaired) electrons. The van der Waals surface area contributed by atoms with Gasteiger partial charge in [0.2, 0.25) is 0 Å². The van der Waals surface area contributed by atoms with Crippen molar-refractivity contribution in [2.75, 3.05) is 18.5 Å². The number of hydrogen-bond donors (Lipinski definition) is 1. The zero-order valence-corrected chi connectivity index (χ0v) is 10.1. The van der Waals surface area contributed by atoms with E-state index in [0.29, 0.717) is 13.2 Å². The van der Waals surface area contributed by atoms with Crippen molar-refractivity contribution >= 4 is 21.9 Å². The third-order valence-electron chi connectivity index (χ3n) is 1.88. The molecule has 0 rings (SSSR count). The van der Waals surface area contributed by atoms with Gasteiger partial charge in [-0.25, -0.2) is 0 Å². The Morgan fingerprint density at radius 3 is 2.36 bits per heavy atom. The second-order valence-electron chi connectivity index (χ2n) is 3.21. The lowest BCUT2D eigenvalue weighted by Gasteiger charge is -2.02. The number of unbranched alkanes of at least 4 members (excludes halogenated alkanes) is 4. The number of aliphatic carboxylic acids is 1. The van der Waals surface area contributed by atoms with Crippen molar-refractivity contribution in [2.45, 2.75) is 38.5 Å². The van der Waals surface area contributed by atoms with E-state index in [1.54, 1.807) is 0 Å². The van der Waals surface area contributed by atoms with Crippen molar-refractivity contribution < 1.29 is 14.6 Å². The molecule has 0 aromatic rings. The summed E-state index contributed by atoms with van der Waals surface area (Å²) in [5.41, 5.74) is 0. The quantitative estimate of drug-likeness (QED) is 0.489. The van der Waals surface area contributed by atoms with Crippen molar-refractivity contribution in [3.05, 3.63) is 0 Å². The van der Waals surface area contributed by atoms with E-state index < -0.39 is 5.97 Å². The van der Waals surface area contributed by atoms with Gasteiger partial charge in [-0.05, 0) is 12.8 Å². The third-order valence-corrected chi connectivity index (χ3v) is 2.44. The highest BCUT2D eigenvalue weighted by molar-refractivity contribution is 9.09. The van der Waals surface area contributed by atoms with Crippen LogP contribution in [0, 0.1) is 0 Å². The van der Waals surface area contributed by atoms with Crippen molar-refractivity contribution in [3.8, 4) is 0 Å². The number of carboxylic acid groups (broad SMARTS) is 1. The molecule has 0 saturated heterocycles. The Bertz CT molecular complexity index is 139. The van der Waals surface area contributed by atoms with Crippen LogP contribution < -0.4 is 0 Å². The molecule has 0 bridgehead atoms. The monoisotopic (exact) mass is 266 g/mol. The second-order valence-corrected chi connectivity index (χ2v) is 4.01. The Labute approximate surface area is 94.0 Å². The minimum Gasteiger partial charge on any atom is -0.481 e. The highest BCUT2D eigenvalue weighted by Gasteiger charge is 1.95. The first kappa shape index (κ1) is 13.9. The van der Waals surface area contributed by atoms with Gasteiger partial charge in [0.1, 0.15) is 0 Å². The van der Waals surface area contributed by atoms with E-state index in [9.17, 15) is 4.79 Å². The lowest BCUT2D eigenvalue weighted by molar-refractivity contribution is -0.138. The molecular weight excluding hydrogens is 248 g/mol. The summed E-state index contributed by atoms with van der Waals surface area (Å²) in [5.74, 6) is -0.790. The summed E-state index contributed by atoms with van der Waals surface area (Å²) in [6.45, 7) is 1.04. The highest BCUT2D eigenvalue weighted by Crippen LogP contribution is 2.04. The molecule has 3 nitrogen and oxygen atoms in total. The van der Waals surface area contributed by atoms with Gasteiger partial charge >= 0.3 is 5.97 Å². The van der Waals surface area contributed by atoms with E-state index in [4.69, 9.17) is 9.84 Å². The third kappa shape index (κ3) is 11.9. The van der Waals surface area contributed by atoms with E-state index in [1.807, 2.05) is 0 Å². The van der Waals surface area contributed by atoms with Crippen molar-refractivity contribution in [1.29, 1.82) is 0 Å². The van der Waals surface area contributed by atoms with Crippen LogP contribution in [0.5, 0.6) is 0 Å². The molecule has 0 aromatic carbocycles. The Hall–Kier alpha value is -0.0900. The van der Waals surface area contributed by atoms with Gasteiger partial charge in [-0.15, -0.1) is 0 Å². The molecule has 0 spiro atoms. The molecule has 0 heterocycles. The molecule has 84 valence electrons. The van der Waals surface area contributed by atoms with Gasteiger partial charge in [0, 0.05) is 11.9 Å². The predicted molar refractivity (Wildman–Crippen MR) is 60.0 cm³/mol. The fraction of sp³-hybridized carbons (Fsp3) is 0.900. The first-order valence-corrected chi connectivity index (χ1v) is 6.25. The molecule has 0 atom stereocenters. The second kappa shape index (κ2) is 11.0. The zero-order chi connectivity index (χ0) is 10.6. The molecule has 0 saturated carbocycles. The average Bonchev–Trinajstić information content (AvgIpc) is 2.15. The van der Waals surface area contributed by atoms with Crippen LogP contribution in [-0.4, -0.2) is 29.6 Å². The summed E-state index contributed by atoms with van der Waals surface area (Å²) in [6.07, 6.45) is 6.08. The van der Waals surface area contributed by atoms with Gasteiger partial charge in [-0.2, -0.15) is 0 Å². The number of alkyl halides is 1. The Morgan fingerprint density at radius 1 is 1.07 bits per heavy atom. The maximum absolute atomic E-state index is 10.1. The van der Waals surface area contributed by atoms with Gasteiger partial charge in [0.15, 0.2) is 0 Å². The van der Waals surface area contributed by atoms with Crippen molar-refractivity contribution in [1.82, 2.24) is 0 Å².